The van der Waals surface area contributed by atoms with Crippen molar-refractivity contribution >= 4 is 35.6 Å². The predicted octanol–water partition coefficient (Wildman–Crippen LogP) is 1.92. The molecule has 1 aromatic carbocycles. The fourth-order valence-corrected chi connectivity index (χ4v) is 1.49. The second kappa shape index (κ2) is 8.50. The Hall–Kier alpha value is -1.59. The van der Waals surface area contributed by atoms with E-state index < -0.39 is 0 Å². The zero-order chi connectivity index (χ0) is 13.5. The first-order valence-corrected chi connectivity index (χ1v) is 5.85. The maximum absolute atomic E-state index is 11.6. The highest BCUT2D eigenvalue weighted by molar-refractivity contribution is 5.94. The maximum atomic E-state index is 11.6. The highest BCUT2D eigenvalue weighted by Gasteiger charge is 2.06. The van der Waals surface area contributed by atoms with E-state index in [-0.39, 0.29) is 24.2 Å². The number of rotatable bonds is 5. The van der Waals surface area contributed by atoms with Gasteiger partial charge in [0.1, 0.15) is 0 Å². The Kier molecular flexibility index (Phi) is 7.79. The van der Waals surface area contributed by atoms with Gasteiger partial charge in [0.25, 0.3) is 0 Å². The van der Waals surface area contributed by atoms with Gasteiger partial charge in [0.2, 0.25) is 11.8 Å². The average Bonchev–Trinajstić information content (AvgIpc) is 2.30. The van der Waals surface area contributed by atoms with Gasteiger partial charge in [0.05, 0.1) is 0 Å². The van der Waals surface area contributed by atoms with E-state index in [0.717, 1.165) is 11.3 Å². The van der Waals surface area contributed by atoms with Gasteiger partial charge in [-0.05, 0) is 31.7 Å². The lowest BCUT2D eigenvalue weighted by Crippen LogP contribution is -2.19. The standard InChI is InChI=1S/C13H19N3O2.ClH/c1-9-4-5-11(15-10(2)17)8-12(9)16-13(18)6-7-14-3;/h4-5,8,14H,6-7H2,1-3H3,(H,15,17)(H,16,18);1H. The van der Waals surface area contributed by atoms with Crippen LogP contribution in [-0.4, -0.2) is 25.4 Å². The minimum atomic E-state index is -0.133. The number of anilines is 2. The number of nitrogens with one attached hydrogen (secondary N) is 3. The van der Waals surface area contributed by atoms with Crippen molar-refractivity contribution in [1.82, 2.24) is 5.32 Å². The van der Waals surface area contributed by atoms with Gasteiger partial charge in [-0.25, -0.2) is 0 Å². The van der Waals surface area contributed by atoms with Crippen molar-refractivity contribution in [1.29, 1.82) is 0 Å². The molecule has 19 heavy (non-hydrogen) atoms. The summed E-state index contributed by atoms with van der Waals surface area (Å²) in [6, 6.07) is 5.42. The molecule has 0 spiro atoms. The summed E-state index contributed by atoms with van der Waals surface area (Å²) >= 11 is 0. The number of benzene rings is 1. The number of hydrogen-bond donors (Lipinski definition) is 3. The van der Waals surface area contributed by atoms with Crippen molar-refractivity contribution < 1.29 is 9.59 Å². The van der Waals surface area contributed by atoms with E-state index in [1.807, 2.05) is 13.0 Å². The summed E-state index contributed by atoms with van der Waals surface area (Å²) in [7, 11) is 1.80. The molecule has 0 aromatic heterocycles. The molecular formula is C13H20ClN3O2. The topological polar surface area (TPSA) is 70.2 Å². The second-order valence-corrected chi connectivity index (χ2v) is 4.11. The van der Waals surface area contributed by atoms with E-state index in [4.69, 9.17) is 0 Å². The number of carbonyl (C=O) groups excluding carboxylic acids is 2. The highest BCUT2D eigenvalue weighted by Crippen LogP contribution is 2.20. The van der Waals surface area contributed by atoms with Crippen molar-refractivity contribution in [3.05, 3.63) is 23.8 Å². The summed E-state index contributed by atoms with van der Waals surface area (Å²) in [6.45, 7) is 3.99. The molecule has 0 saturated heterocycles. The van der Waals surface area contributed by atoms with Crippen LogP contribution in [-0.2, 0) is 9.59 Å². The Morgan fingerprint density at radius 1 is 1.21 bits per heavy atom. The molecular weight excluding hydrogens is 266 g/mol. The zero-order valence-corrected chi connectivity index (χ0v) is 12.2. The molecule has 0 unspecified atom stereocenters. The monoisotopic (exact) mass is 285 g/mol. The molecule has 1 aromatic rings. The van der Waals surface area contributed by atoms with Gasteiger partial charge in [-0.3, -0.25) is 9.59 Å². The maximum Gasteiger partial charge on any atom is 0.225 e. The van der Waals surface area contributed by atoms with E-state index in [0.29, 0.717) is 18.7 Å². The minimum absolute atomic E-state index is 0. The van der Waals surface area contributed by atoms with Crippen molar-refractivity contribution in [3.8, 4) is 0 Å². The van der Waals surface area contributed by atoms with Gasteiger partial charge in [0, 0.05) is 31.3 Å². The lowest BCUT2D eigenvalue weighted by Gasteiger charge is -2.10. The Morgan fingerprint density at radius 2 is 1.89 bits per heavy atom. The van der Waals surface area contributed by atoms with Crippen LogP contribution in [0.3, 0.4) is 0 Å². The molecule has 3 N–H and O–H groups in total. The van der Waals surface area contributed by atoms with Crippen LogP contribution in [0.5, 0.6) is 0 Å². The van der Waals surface area contributed by atoms with Gasteiger partial charge >= 0.3 is 0 Å². The molecule has 5 nitrogen and oxygen atoms in total. The third-order valence-electron chi connectivity index (χ3n) is 2.43. The number of amides is 2. The Bertz CT molecular complexity index is 450. The first-order valence-electron chi connectivity index (χ1n) is 5.85. The van der Waals surface area contributed by atoms with Crippen molar-refractivity contribution in [3.63, 3.8) is 0 Å². The smallest absolute Gasteiger partial charge is 0.225 e. The summed E-state index contributed by atoms with van der Waals surface area (Å²) in [5, 5.41) is 8.43. The molecule has 1 rings (SSSR count). The molecule has 0 radical (unpaired) electrons. The fourth-order valence-electron chi connectivity index (χ4n) is 1.49. The average molecular weight is 286 g/mol. The van der Waals surface area contributed by atoms with E-state index in [1.165, 1.54) is 6.92 Å². The number of halogens is 1. The molecule has 106 valence electrons. The van der Waals surface area contributed by atoms with Crippen LogP contribution in [0.1, 0.15) is 18.9 Å². The van der Waals surface area contributed by atoms with Crippen molar-refractivity contribution in [2.75, 3.05) is 24.2 Å². The van der Waals surface area contributed by atoms with Crippen LogP contribution in [0, 0.1) is 6.92 Å². The highest BCUT2D eigenvalue weighted by atomic mass is 35.5. The molecule has 0 bridgehead atoms. The van der Waals surface area contributed by atoms with Crippen LogP contribution >= 0.6 is 12.4 Å². The van der Waals surface area contributed by atoms with Crippen molar-refractivity contribution in [2.45, 2.75) is 20.3 Å². The fraction of sp³-hybridized carbons (Fsp3) is 0.385. The van der Waals surface area contributed by atoms with Crippen molar-refractivity contribution in [2.24, 2.45) is 0 Å². The molecule has 0 heterocycles. The Morgan fingerprint density at radius 3 is 2.47 bits per heavy atom. The van der Waals surface area contributed by atoms with E-state index in [1.54, 1.807) is 19.2 Å². The van der Waals surface area contributed by atoms with Gasteiger partial charge in [-0.1, -0.05) is 6.07 Å². The molecule has 0 aliphatic carbocycles. The summed E-state index contributed by atoms with van der Waals surface area (Å²) in [5.41, 5.74) is 2.36. The van der Waals surface area contributed by atoms with Gasteiger partial charge in [-0.2, -0.15) is 0 Å². The molecule has 0 aliphatic rings. The second-order valence-electron chi connectivity index (χ2n) is 4.11. The summed E-state index contributed by atoms with van der Waals surface area (Å²) in [5.74, 6) is -0.182. The Labute approximate surface area is 119 Å². The number of carbonyl (C=O) groups is 2. The van der Waals surface area contributed by atoms with Gasteiger partial charge in [0.15, 0.2) is 0 Å². The Balaban J connectivity index is 0.00000324. The number of aryl methyl sites for hydroxylation is 1. The lowest BCUT2D eigenvalue weighted by atomic mass is 10.1. The van der Waals surface area contributed by atoms with E-state index >= 15 is 0 Å². The molecule has 0 fully saturated rings. The largest absolute Gasteiger partial charge is 0.326 e. The molecule has 0 aliphatic heterocycles. The normalized spacial score (nSPS) is 9.42. The van der Waals surface area contributed by atoms with E-state index in [9.17, 15) is 9.59 Å². The summed E-state index contributed by atoms with van der Waals surface area (Å²) < 4.78 is 0. The van der Waals surface area contributed by atoms with Crippen LogP contribution in [0.15, 0.2) is 18.2 Å². The van der Waals surface area contributed by atoms with Crippen LogP contribution < -0.4 is 16.0 Å². The number of hydrogen-bond acceptors (Lipinski definition) is 3. The van der Waals surface area contributed by atoms with E-state index in [2.05, 4.69) is 16.0 Å². The molecule has 2 amide bonds. The molecule has 0 atom stereocenters. The van der Waals surface area contributed by atoms with Gasteiger partial charge < -0.3 is 16.0 Å². The predicted molar refractivity (Wildman–Crippen MR) is 79.9 cm³/mol. The third-order valence-corrected chi connectivity index (χ3v) is 2.43. The zero-order valence-electron chi connectivity index (χ0n) is 11.4. The van der Waals surface area contributed by atoms with Crippen LogP contribution in [0.4, 0.5) is 11.4 Å². The summed E-state index contributed by atoms with van der Waals surface area (Å²) in [4.78, 5) is 22.6. The van der Waals surface area contributed by atoms with Gasteiger partial charge in [-0.15, -0.1) is 12.4 Å². The first kappa shape index (κ1) is 17.4. The van der Waals surface area contributed by atoms with Crippen LogP contribution in [0.2, 0.25) is 0 Å². The summed E-state index contributed by atoms with van der Waals surface area (Å²) in [6.07, 6.45) is 0.417. The SMILES string of the molecule is CNCCC(=O)Nc1cc(NC(C)=O)ccc1C.Cl. The lowest BCUT2D eigenvalue weighted by molar-refractivity contribution is -0.116. The third kappa shape index (κ3) is 6.22. The quantitative estimate of drug-likeness (QED) is 0.774. The molecule has 0 saturated carbocycles. The van der Waals surface area contributed by atoms with Crippen LogP contribution in [0.25, 0.3) is 0 Å². The molecule has 6 heteroatoms. The minimum Gasteiger partial charge on any atom is -0.326 e. The first-order chi connectivity index (χ1) is 8.52.